The molecule has 1 rings (SSSR count). The number of hydrogen-bond donors (Lipinski definition) is 3. The summed E-state index contributed by atoms with van der Waals surface area (Å²) in [5.74, 6) is -0.329. The molecule has 6 heteroatoms. The van der Waals surface area contributed by atoms with Crippen LogP contribution < -0.4 is 10.6 Å². The first-order valence-electron chi connectivity index (χ1n) is 6.95. The van der Waals surface area contributed by atoms with Crippen LogP contribution in [0, 0.1) is 0 Å². The van der Waals surface area contributed by atoms with Crippen LogP contribution in [0.1, 0.15) is 25.3 Å². The number of carbonyl (C=O) groups excluding carboxylic acids is 1. The van der Waals surface area contributed by atoms with Crippen molar-refractivity contribution in [2.45, 2.75) is 32.2 Å². The molecule has 0 aliphatic carbocycles. The van der Waals surface area contributed by atoms with E-state index in [9.17, 15) is 9.59 Å². The van der Waals surface area contributed by atoms with Crippen molar-refractivity contribution < 1.29 is 14.7 Å². The van der Waals surface area contributed by atoms with Gasteiger partial charge in [0.1, 0.15) is 6.04 Å². The fourth-order valence-corrected chi connectivity index (χ4v) is 2.41. The highest BCUT2D eigenvalue weighted by molar-refractivity contribution is 7.98. The summed E-state index contributed by atoms with van der Waals surface area (Å²) in [5, 5.41) is 14.3. The van der Waals surface area contributed by atoms with Crippen molar-refractivity contribution in [3.05, 3.63) is 29.8 Å². The zero-order valence-electron chi connectivity index (χ0n) is 12.4. The summed E-state index contributed by atoms with van der Waals surface area (Å²) in [6.07, 6.45) is 4.15. The maximum Gasteiger partial charge on any atom is 0.326 e. The molecule has 1 atom stereocenters. The number of para-hydroxylation sites is 1. The van der Waals surface area contributed by atoms with Crippen molar-refractivity contribution in [3.8, 4) is 0 Å². The minimum absolute atomic E-state index is 0.403. The van der Waals surface area contributed by atoms with Gasteiger partial charge in [0.2, 0.25) is 0 Å². The lowest BCUT2D eigenvalue weighted by atomic mass is 10.1. The number of rotatable bonds is 8. The maximum atomic E-state index is 12.0. The number of aliphatic carboxylic acids is 1. The first-order valence-corrected chi connectivity index (χ1v) is 8.35. The molecule has 0 saturated heterocycles. The fraction of sp³-hybridized carbons (Fsp3) is 0.467. The largest absolute Gasteiger partial charge is 0.480 e. The van der Waals surface area contributed by atoms with Gasteiger partial charge in [-0.2, -0.15) is 11.8 Å². The molecule has 21 heavy (non-hydrogen) atoms. The Morgan fingerprint density at radius 3 is 2.67 bits per heavy atom. The van der Waals surface area contributed by atoms with Gasteiger partial charge in [-0.15, -0.1) is 0 Å². The van der Waals surface area contributed by atoms with Gasteiger partial charge in [-0.1, -0.05) is 31.5 Å². The van der Waals surface area contributed by atoms with Crippen LogP contribution in [0.25, 0.3) is 0 Å². The van der Waals surface area contributed by atoms with E-state index in [1.54, 1.807) is 11.8 Å². The fourth-order valence-electron chi connectivity index (χ4n) is 1.94. The summed E-state index contributed by atoms with van der Waals surface area (Å²) in [5.41, 5.74) is 1.77. The third-order valence-corrected chi connectivity index (χ3v) is 3.64. The highest BCUT2D eigenvalue weighted by atomic mass is 32.2. The summed E-state index contributed by atoms with van der Waals surface area (Å²) in [7, 11) is 0. The van der Waals surface area contributed by atoms with Gasteiger partial charge in [-0.25, -0.2) is 9.59 Å². The Morgan fingerprint density at radius 2 is 2.05 bits per heavy atom. The highest BCUT2D eigenvalue weighted by Crippen LogP contribution is 2.16. The Balaban J connectivity index is 2.65. The van der Waals surface area contributed by atoms with Crippen molar-refractivity contribution in [3.63, 3.8) is 0 Å². The molecule has 0 fully saturated rings. The first-order chi connectivity index (χ1) is 10.1. The minimum Gasteiger partial charge on any atom is -0.480 e. The molecule has 0 bridgehead atoms. The molecule has 5 nitrogen and oxygen atoms in total. The van der Waals surface area contributed by atoms with Gasteiger partial charge in [-0.05, 0) is 36.5 Å². The van der Waals surface area contributed by atoms with E-state index in [1.165, 1.54) is 0 Å². The van der Waals surface area contributed by atoms with Crippen molar-refractivity contribution in [2.24, 2.45) is 0 Å². The number of aryl methyl sites for hydroxylation is 1. The van der Waals surface area contributed by atoms with Crippen molar-refractivity contribution in [2.75, 3.05) is 17.3 Å². The second-order valence-corrected chi connectivity index (χ2v) is 5.66. The Labute approximate surface area is 129 Å². The molecular formula is C15H22N2O3S. The van der Waals surface area contributed by atoms with Crippen LogP contribution in [0.3, 0.4) is 0 Å². The zero-order chi connectivity index (χ0) is 15.7. The Bertz CT molecular complexity index is 480. The van der Waals surface area contributed by atoms with Crippen LogP contribution >= 0.6 is 11.8 Å². The Morgan fingerprint density at radius 1 is 1.33 bits per heavy atom. The number of anilines is 1. The van der Waals surface area contributed by atoms with Gasteiger partial charge in [0.25, 0.3) is 0 Å². The number of thioether (sulfide) groups is 1. The smallest absolute Gasteiger partial charge is 0.326 e. The van der Waals surface area contributed by atoms with Gasteiger partial charge in [0.05, 0.1) is 0 Å². The van der Waals surface area contributed by atoms with Crippen LogP contribution in [0.15, 0.2) is 24.3 Å². The highest BCUT2D eigenvalue weighted by Gasteiger charge is 2.19. The monoisotopic (exact) mass is 310 g/mol. The molecule has 0 aliphatic rings. The molecule has 1 unspecified atom stereocenters. The van der Waals surface area contributed by atoms with Crippen LogP contribution in [0.5, 0.6) is 0 Å². The molecule has 3 N–H and O–H groups in total. The van der Waals surface area contributed by atoms with E-state index in [0.29, 0.717) is 12.2 Å². The van der Waals surface area contributed by atoms with Crippen molar-refractivity contribution in [1.82, 2.24) is 5.32 Å². The topological polar surface area (TPSA) is 78.4 Å². The van der Waals surface area contributed by atoms with Crippen molar-refractivity contribution in [1.29, 1.82) is 0 Å². The number of benzene rings is 1. The molecule has 1 aromatic rings. The number of amides is 2. The number of carbonyl (C=O) groups is 2. The van der Waals surface area contributed by atoms with Gasteiger partial charge < -0.3 is 15.7 Å². The Kier molecular flexibility index (Phi) is 7.68. The molecule has 2 amide bonds. The lowest BCUT2D eigenvalue weighted by Gasteiger charge is -2.16. The molecule has 0 aromatic heterocycles. The third kappa shape index (κ3) is 6.08. The maximum absolute atomic E-state index is 12.0. The molecule has 1 aromatic carbocycles. The second kappa shape index (κ2) is 9.28. The number of carboxylic acids is 1. The van der Waals surface area contributed by atoms with Gasteiger partial charge in [-0.3, -0.25) is 0 Å². The van der Waals surface area contributed by atoms with Gasteiger partial charge in [0.15, 0.2) is 0 Å². The molecule has 0 radical (unpaired) electrons. The summed E-state index contributed by atoms with van der Waals surface area (Å²) in [6, 6.07) is 6.20. The molecule has 0 heterocycles. The van der Waals surface area contributed by atoms with Crippen LogP contribution in [0.2, 0.25) is 0 Å². The molecule has 0 aliphatic heterocycles. The summed E-state index contributed by atoms with van der Waals surface area (Å²) in [6.45, 7) is 2.07. The first kappa shape index (κ1) is 17.4. The number of hydrogen-bond acceptors (Lipinski definition) is 3. The van der Waals surface area contributed by atoms with E-state index in [-0.39, 0.29) is 0 Å². The minimum atomic E-state index is -1.01. The van der Waals surface area contributed by atoms with Crippen LogP contribution in [-0.4, -0.2) is 35.2 Å². The average molecular weight is 310 g/mol. The van der Waals surface area contributed by atoms with E-state index in [2.05, 4.69) is 17.6 Å². The summed E-state index contributed by atoms with van der Waals surface area (Å²) >= 11 is 1.55. The number of urea groups is 1. The van der Waals surface area contributed by atoms with Crippen molar-refractivity contribution >= 4 is 29.4 Å². The third-order valence-electron chi connectivity index (χ3n) is 3.00. The molecular weight excluding hydrogens is 288 g/mol. The normalized spacial score (nSPS) is 11.7. The van der Waals surface area contributed by atoms with Crippen LogP contribution in [0.4, 0.5) is 10.5 Å². The summed E-state index contributed by atoms with van der Waals surface area (Å²) < 4.78 is 0. The number of carboxylic acid groups (broad SMARTS) is 1. The predicted molar refractivity (Wildman–Crippen MR) is 87.0 cm³/mol. The SMILES string of the molecule is CCCc1ccccc1NC(=O)NC(CCSC)C(=O)O. The molecule has 116 valence electrons. The lowest BCUT2D eigenvalue weighted by molar-refractivity contribution is -0.139. The van der Waals surface area contributed by atoms with E-state index in [1.807, 2.05) is 30.5 Å². The van der Waals surface area contributed by atoms with E-state index >= 15 is 0 Å². The number of nitrogens with one attached hydrogen (secondary N) is 2. The quantitative estimate of drug-likeness (QED) is 0.690. The van der Waals surface area contributed by atoms with Crippen LogP contribution in [-0.2, 0) is 11.2 Å². The molecule has 0 saturated carbocycles. The van der Waals surface area contributed by atoms with E-state index < -0.39 is 18.0 Å². The van der Waals surface area contributed by atoms with Gasteiger partial charge >= 0.3 is 12.0 Å². The van der Waals surface area contributed by atoms with E-state index in [4.69, 9.17) is 5.11 Å². The molecule has 0 spiro atoms. The second-order valence-electron chi connectivity index (χ2n) is 4.68. The van der Waals surface area contributed by atoms with E-state index in [0.717, 1.165) is 24.1 Å². The van der Waals surface area contributed by atoms with Gasteiger partial charge in [0, 0.05) is 5.69 Å². The standard InChI is InChI=1S/C15H22N2O3S/c1-3-6-11-7-4-5-8-12(11)16-15(20)17-13(14(18)19)9-10-21-2/h4-5,7-8,13H,3,6,9-10H2,1-2H3,(H,18,19)(H2,16,17,20). The average Bonchev–Trinajstić information content (AvgIpc) is 2.45. The Hall–Kier alpha value is -1.69. The zero-order valence-corrected chi connectivity index (χ0v) is 13.2. The summed E-state index contributed by atoms with van der Waals surface area (Å²) in [4.78, 5) is 23.1. The predicted octanol–water partition coefficient (Wildman–Crippen LogP) is 2.97. The lowest BCUT2D eigenvalue weighted by Crippen LogP contribution is -2.43.